The number of benzene rings is 1. The Balaban J connectivity index is 1.49. The zero-order valence-corrected chi connectivity index (χ0v) is 14.4. The highest BCUT2D eigenvalue weighted by Gasteiger charge is 2.28. The molecule has 1 amide bonds. The largest absolute Gasteiger partial charge is 0.448 e. The second-order valence-corrected chi connectivity index (χ2v) is 6.54. The van der Waals surface area contributed by atoms with Crippen molar-refractivity contribution in [3.8, 4) is 11.3 Å². The van der Waals surface area contributed by atoms with Crippen molar-refractivity contribution in [1.29, 1.82) is 0 Å². The molecule has 5 nitrogen and oxygen atoms in total. The molecule has 0 aliphatic carbocycles. The Hall–Kier alpha value is -3.09. The number of oxazole rings is 1. The van der Waals surface area contributed by atoms with Crippen LogP contribution in [-0.4, -0.2) is 33.9 Å². The maximum absolute atomic E-state index is 13.1. The first-order chi connectivity index (χ1) is 13.1. The highest BCUT2D eigenvalue weighted by Crippen LogP contribution is 2.29. The lowest BCUT2D eigenvalue weighted by atomic mass is 9.97. The van der Waals surface area contributed by atoms with Gasteiger partial charge >= 0.3 is 0 Å². The van der Waals surface area contributed by atoms with E-state index in [-0.39, 0.29) is 17.6 Å². The smallest absolute Gasteiger partial charge is 0.255 e. The van der Waals surface area contributed by atoms with E-state index in [0.717, 1.165) is 18.4 Å². The molecule has 0 bridgehead atoms. The van der Waals surface area contributed by atoms with E-state index in [1.165, 1.54) is 30.5 Å². The highest BCUT2D eigenvalue weighted by molar-refractivity contribution is 5.94. The van der Waals surface area contributed by atoms with E-state index < -0.39 is 5.95 Å². The van der Waals surface area contributed by atoms with E-state index in [1.807, 2.05) is 0 Å². The molecule has 138 valence electrons. The van der Waals surface area contributed by atoms with Crippen molar-refractivity contribution >= 4 is 5.91 Å². The van der Waals surface area contributed by atoms with E-state index in [2.05, 4.69) is 9.97 Å². The summed E-state index contributed by atoms with van der Waals surface area (Å²) in [5.41, 5.74) is 1.76. The van der Waals surface area contributed by atoms with Crippen LogP contribution in [0.1, 0.15) is 35.0 Å². The Labute approximate surface area is 154 Å². The minimum Gasteiger partial charge on any atom is -0.448 e. The molecule has 0 radical (unpaired) electrons. The molecule has 1 aromatic carbocycles. The number of rotatable bonds is 3. The highest BCUT2D eigenvalue weighted by atomic mass is 19.1. The third-order valence-corrected chi connectivity index (χ3v) is 4.69. The monoisotopic (exact) mass is 369 g/mol. The van der Waals surface area contributed by atoms with Gasteiger partial charge in [-0.05, 0) is 49.2 Å². The van der Waals surface area contributed by atoms with Crippen LogP contribution in [0.5, 0.6) is 0 Å². The third-order valence-electron chi connectivity index (χ3n) is 4.69. The quantitative estimate of drug-likeness (QED) is 0.654. The Morgan fingerprint density at radius 3 is 2.70 bits per heavy atom. The van der Waals surface area contributed by atoms with Gasteiger partial charge in [0.15, 0.2) is 5.89 Å². The second kappa shape index (κ2) is 7.26. The van der Waals surface area contributed by atoms with Gasteiger partial charge in [-0.3, -0.25) is 4.79 Å². The molecule has 1 aliphatic rings. The van der Waals surface area contributed by atoms with Crippen molar-refractivity contribution in [2.75, 3.05) is 13.1 Å². The molecule has 2 aromatic heterocycles. The molecular formula is C20H17F2N3O2. The molecule has 0 spiro atoms. The first-order valence-corrected chi connectivity index (χ1v) is 8.72. The van der Waals surface area contributed by atoms with Crippen LogP contribution in [0.4, 0.5) is 8.78 Å². The second-order valence-electron chi connectivity index (χ2n) is 6.54. The third kappa shape index (κ3) is 3.72. The maximum Gasteiger partial charge on any atom is 0.255 e. The Morgan fingerprint density at radius 2 is 1.96 bits per heavy atom. The summed E-state index contributed by atoms with van der Waals surface area (Å²) in [5.74, 6) is -0.567. The van der Waals surface area contributed by atoms with Gasteiger partial charge in [-0.2, -0.15) is 4.39 Å². The van der Waals surface area contributed by atoms with Gasteiger partial charge in [-0.15, -0.1) is 0 Å². The lowest BCUT2D eigenvalue weighted by Gasteiger charge is -2.31. The Morgan fingerprint density at radius 1 is 1.15 bits per heavy atom. The molecule has 1 atom stereocenters. The molecule has 1 fully saturated rings. The summed E-state index contributed by atoms with van der Waals surface area (Å²) >= 11 is 0. The number of amides is 1. The van der Waals surface area contributed by atoms with Crippen LogP contribution in [0.25, 0.3) is 11.3 Å². The van der Waals surface area contributed by atoms with E-state index in [4.69, 9.17) is 4.42 Å². The number of hydrogen-bond acceptors (Lipinski definition) is 4. The summed E-state index contributed by atoms with van der Waals surface area (Å²) < 4.78 is 31.7. The number of carbonyl (C=O) groups excluding carboxylic acids is 1. The molecule has 3 aromatic rings. The van der Waals surface area contributed by atoms with Crippen molar-refractivity contribution in [1.82, 2.24) is 14.9 Å². The Kier molecular flexibility index (Phi) is 4.66. The van der Waals surface area contributed by atoms with Crippen LogP contribution >= 0.6 is 0 Å². The van der Waals surface area contributed by atoms with Crippen LogP contribution in [-0.2, 0) is 0 Å². The Bertz CT molecular complexity index is 939. The molecule has 3 heterocycles. The van der Waals surface area contributed by atoms with Crippen molar-refractivity contribution in [2.24, 2.45) is 0 Å². The van der Waals surface area contributed by atoms with Gasteiger partial charge in [-0.1, -0.05) is 0 Å². The van der Waals surface area contributed by atoms with Gasteiger partial charge in [0.25, 0.3) is 5.91 Å². The van der Waals surface area contributed by atoms with Gasteiger partial charge in [0.2, 0.25) is 5.95 Å². The molecule has 4 rings (SSSR count). The topological polar surface area (TPSA) is 59.2 Å². The van der Waals surface area contributed by atoms with E-state index in [1.54, 1.807) is 23.3 Å². The molecule has 1 unspecified atom stereocenters. The standard InChI is InChI=1S/C20H17F2N3O2/c21-16-6-3-13(4-7-16)17-12-27-19(24-17)15-2-1-9-25(11-15)20(26)14-5-8-18(22)23-10-14/h3-8,10,12,15H,1-2,9,11H2. The SMILES string of the molecule is O=C(c1ccc(F)nc1)N1CCCC(c2nc(-c3ccc(F)cc3)co2)C1. The molecule has 7 heteroatoms. The molecule has 0 N–H and O–H groups in total. The van der Waals surface area contributed by atoms with Gasteiger partial charge in [0, 0.05) is 24.8 Å². The van der Waals surface area contributed by atoms with Gasteiger partial charge < -0.3 is 9.32 Å². The van der Waals surface area contributed by atoms with Crippen LogP contribution in [0.2, 0.25) is 0 Å². The van der Waals surface area contributed by atoms with Gasteiger partial charge in [0.1, 0.15) is 17.8 Å². The summed E-state index contributed by atoms with van der Waals surface area (Å²) in [5, 5.41) is 0. The van der Waals surface area contributed by atoms with E-state index in [0.29, 0.717) is 30.2 Å². The van der Waals surface area contributed by atoms with Crippen LogP contribution < -0.4 is 0 Å². The van der Waals surface area contributed by atoms with Gasteiger partial charge in [0.05, 0.1) is 11.5 Å². The van der Waals surface area contributed by atoms with Crippen molar-refractivity contribution in [3.05, 3.63) is 72.1 Å². The number of aromatic nitrogens is 2. The lowest BCUT2D eigenvalue weighted by Crippen LogP contribution is -2.39. The van der Waals surface area contributed by atoms with Gasteiger partial charge in [-0.25, -0.2) is 14.4 Å². The number of likely N-dealkylation sites (tertiary alicyclic amines) is 1. The minimum absolute atomic E-state index is 0.0229. The number of piperidine rings is 1. The summed E-state index contributed by atoms with van der Waals surface area (Å²) in [7, 11) is 0. The molecule has 1 saturated heterocycles. The van der Waals surface area contributed by atoms with Crippen LogP contribution in [0.3, 0.4) is 0 Å². The fourth-order valence-electron chi connectivity index (χ4n) is 3.28. The normalized spacial score (nSPS) is 17.1. The molecule has 27 heavy (non-hydrogen) atoms. The fraction of sp³-hybridized carbons (Fsp3) is 0.250. The lowest BCUT2D eigenvalue weighted by molar-refractivity contribution is 0.0697. The van der Waals surface area contributed by atoms with E-state index in [9.17, 15) is 13.6 Å². The van der Waals surface area contributed by atoms with Crippen molar-refractivity contribution in [3.63, 3.8) is 0 Å². The summed E-state index contributed by atoms with van der Waals surface area (Å²) in [6.07, 6.45) is 4.47. The molecular weight excluding hydrogens is 352 g/mol. The zero-order valence-electron chi connectivity index (χ0n) is 14.4. The fourth-order valence-corrected chi connectivity index (χ4v) is 3.28. The molecule has 0 saturated carbocycles. The van der Waals surface area contributed by atoms with E-state index >= 15 is 0 Å². The molecule has 1 aliphatic heterocycles. The summed E-state index contributed by atoms with van der Waals surface area (Å²) in [4.78, 5) is 22.4. The number of carbonyl (C=O) groups is 1. The van der Waals surface area contributed by atoms with Crippen molar-refractivity contribution in [2.45, 2.75) is 18.8 Å². The first kappa shape index (κ1) is 17.3. The average Bonchev–Trinajstić information content (AvgIpc) is 3.19. The average molecular weight is 369 g/mol. The predicted octanol–water partition coefficient (Wildman–Crippen LogP) is 4.03. The maximum atomic E-state index is 13.1. The first-order valence-electron chi connectivity index (χ1n) is 8.72. The zero-order chi connectivity index (χ0) is 18.8. The minimum atomic E-state index is -0.615. The van der Waals surface area contributed by atoms with Crippen molar-refractivity contribution < 1.29 is 18.0 Å². The van der Waals surface area contributed by atoms with Crippen LogP contribution in [0, 0.1) is 11.8 Å². The number of hydrogen-bond donors (Lipinski definition) is 0. The number of halogens is 2. The number of nitrogens with zero attached hydrogens (tertiary/aromatic N) is 3. The summed E-state index contributed by atoms with van der Waals surface area (Å²) in [6.45, 7) is 1.10. The summed E-state index contributed by atoms with van der Waals surface area (Å²) in [6, 6.07) is 8.66. The van der Waals surface area contributed by atoms with Crippen LogP contribution in [0.15, 0.2) is 53.3 Å². The number of pyridine rings is 1. The predicted molar refractivity (Wildman–Crippen MR) is 94.0 cm³/mol.